The van der Waals surface area contributed by atoms with Crippen molar-refractivity contribution in [2.24, 2.45) is 0 Å². The average molecular weight is 389 g/mol. The molecule has 0 aliphatic rings. The zero-order valence-electron chi connectivity index (χ0n) is 13.5. The monoisotopic (exact) mass is 387 g/mol. The molecule has 0 aliphatic heterocycles. The van der Waals surface area contributed by atoms with E-state index in [0.717, 1.165) is 5.56 Å². The molecule has 7 heteroatoms. The molecule has 4 nitrogen and oxygen atoms in total. The Kier molecular flexibility index (Phi) is 7.80. The number of nitrogens with two attached hydrogens (primary N) is 1. The van der Waals surface area contributed by atoms with Crippen molar-refractivity contribution in [1.29, 1.82) is 0 Å². The minimum absolute atomic E-state index is 0. The van der Waals surface area contributed by atoms with Crippen LogP contribution in [0.25, 0.3) is 0 Å². The molecule has 0 saturated carbocycles. The Morgan fingerprint density at radius 3 is 2.46 bits per heavy atom. The predicted octanol–water partition coefficient (Wildman–Crippen LogP) is 4.37. The van der Waals surface area contributed by atoms with E-state index in [4.69, 9.17) is 28.9 Å². The van der Waals surface area contributed by atoms with Crippen LogP contribution in [0, 0.1) is 0 Å². The van der Waals surface area contributed by atoms with E-state index >= 15 is 0 Å². The molecule has 1 aromatic carbocycles. The fraction of sp³-hybridized carbons (Fsp3) is 0.294. The van der Waals surface area contributed by atoms with Crippen LogP contribution in [0.3, 0.4) is 0 Å². The van der Waals surface area contributed by atoms with Crippen LogP contribution in [-0.4, -0.2) is 21.8 Å². The first-order chi connectivity index (χ1) is 10.9. The summed E-state index contributed by atoms with van der Waals surface area (Å²) in [5, 5.41) is 0.990. The first-order valence-electron chi connectivity index (χ1n) is 7.30. The summed E-state index contributed by atoms with van der Waals surface area (Å²) >= 11 is 12.0. The SMILES string of the molecule is CC(C)N(Cc1ccc(Cl)c(Cl)c1)C(=O)Cc1ccc(N)cn1.Cl. The Balaban J connectivity index is 0.00000288. The van der Waals surface area contributed by atoms with Crippen LogP contribution < -0.4 is 5.73 Å². The van der Waals surface area contributed by atoms with Crippen LogP contribution >= 0.6 is 35.6 Å². The van der Waals surface area contributed by atoms with Crippen molar-refractivity contribution in [1.82, 2.24) is 9.88 Å². The molecular formula is C17H20Cl3N3O. The highest BCUT2D eigenvalue weighted by Gasteiger charge is 2.18. The van der Waals surface area contributed by atoms with Crippen LogP contribution in [-0.2, 0) is 17.8 Å². The quantitative estimate of drug-likeness (QED) is 0.827. The highest BCUT2D eigenvalue weighted by molar-refractivity contribution is 6.42. The first kappa shape index (κ1) is 20.6. The molecule has 0 saturated heterocycles. The fourth-order valence-corrected chi connectivity index (χ4v) is 2.51. The lowest BCUT2D eigenvalue weighted by atomic mass is 10.1. The van der Waals surface area contributed by atoms with Gasteiger partial charge in [-0.25, -0.2) is 0 Å². The number of aromatic nitrogens is 1. The van der Waals surface area contributed by atoms with Gasteiger partial charge in [-0.2, -0.15) is 0 Å². The van der Waals surface area contributed by atoms with E-state index in [-0.39, 0.29) is 30.8 Å². The zero-order valence-corrected chi connectivity index (χ0v) is 15.8. The zero-order chi connectivity index (χ0) is 17.0. The summed E-state index contributed by atoms with van der Waals surface area (Å²) in [6.45, 7) is 4.43. The lowest BCUT2D eigenvalue weighted by molar-refractivity contribution is -0.132. The van der Waals surface area contributed by atoms with Crippen molar-refractivity contribution in [2.45, 2.75) is 32.9 Å². The number of amides is 1. The maximum atomic E-state index is 12.6. The molecule has 24 heavy (non-hydrogen) atoms. The number of hydrogen-bond donors (Lipinski definition) is 1. The number of carbonyl (C=O) groups is 1. The van der Waals surface area contributed by atoms with E-state index in [2.05, 4.69) is 4.98 Å². The molecule has 2 N–H and O–H groups in total. The van der Waals surface area contributed by atoms with Gasteiger partial charge >= 0.3 is 0 Å². The minimum atomic E-state index is 0. The molecule has 0 unspecified atom stereocenters. The molecular weight excluding hydrogens is 369 g/mol. The highest BCUT2D eigenvalue weighted by Crippen LogP contribution is 2.23. The summed E-state index contributed by atoms with van der Waals surface area (Å²) in [5.74, 6) is 0.00310. The van der Waals surface area contributed by atoms with E-state index in [0.29, 0.717) is 28.0 Å². The molecule has 0 bridgehead atoms. The topological polar surface area (TPSA) is 59.2 Å². The molecule has 1 heterocycles. The fourth-order valence-electron chi connectivity index (χ4n) is 2.19. The van der Waals surface area contributed by atoms with Crippen molar-refractivity contribution in [3.05, 3.63) is 57.8 Å². The summed E-state index contributed by atoms with van der Waals surface area (Å²) in [6.07, 6.45) is 1.79. The van der Waals surface area contributed by atoms with Gasteiger partial charge in [0, 0.05) is 18.3 Å². The molecule has 1 amide bonds. The number of pyridine rings is 1. The third-order valence-electron chi connectivity index (χ3n) is 3.46. The molecule has 0 radical (unpaired) electrons. The van der Waals surface area contributed by atoms with Crippen LogP contribution in [0.15, 0.2) is 36.5 Å². The Morgan fingerprint density at radius 1 is 1.21 bits per heavy atom. The van der Waals surface area contributed by atoms with E-state index in [1.54, 1.807) is 35.4 Å². The first-order valence-corrected chi connectivity index (χ1v) is 8.06. The van der Waals surface area contributed by atoms with Gasteiger partial charge in [0.2, 0.25) is 5.91 Å². The maximum absolute atomic E-state index is 12.6. The summed E-state index contributed by atoms with van der Waals surface area (Å²) in [7, 11) is 0. The summed E-state index contributed by atoms with van der Waals surface area (Å²) in [5.41, 5.74) is 7.83. The molecule has 0 atom stereocenters. The molecule has 130 valence electrons. The largest absolute Gasteiger partial charge is 0.397 e. The van der Waals surface area contributed by atoms with E-state index in [1.807, 2.05) is 19.9 Å². The standard InChI is InChI=1S/C17H19Cl2N3O.ClH/c1-11(2)22(10-12-3-6-15(18)16(19)7-12)17(23)8-14-5-4-13(20)9-21-14;/h3-7,9,11H,8,10,20H2,1-2H3;1H. The second-order valence-electron chi connectivity index (χ2n) is 5.62. The maximum Gasteiger partial charge on any atom is 0.229 e. The van der Waals surface area contributed by atoms with Gasteiger partial charge in [0.25, 0.3) is 0 Å². The molecule has 0 spiro atoms. The number of nitrogens with zero attached hydrogens (tertiary/aromatic N) is 2. The van der Waals surface area contributed by atoms with Gasteiger partial charge in [0.1, 0.15) is 0 Å². The lowest BCUT2D eigenvalue weighted by Crippen LogP contribution is -2.37. The Bertz CT molecular complexity index is 690. The van der Waals surface area contributed by atoms with Crippen LogP contribution in [0.2, 0.25) is 10.0 Å². The predicted molar refractivity (Wildman–Crippen MR) is 102 cm³/mol. The Labute approximate surface area is 158 Å². The second-order valence-corrected chi connectivity index (χ2v) is 6.44. The van der Waals surface area contributed by atoms with Crippen molar-refractivity contribution in [3.8, 4) is 0 Å². The van der Waals surface area contributed by atoms with Gasteiger partial charge in [-0.15, -0.1) is 12.4 Å². The Hall–Kier alpha value is -1.49. The second kappa shape index (κ2) is 9.11. The summed E-state index contributed by atoms with van der Waals surface area (Å²) in [6, 6.07) is 8.97. The van der Waals surface area contributed by atoms with E-state index < -0.39 is 0 Å². The number of hydrogen-bond acceptors (Lipinski definition) is 3. The number of rotatable bonds is 5. The van der Waals surface area contributed by atoms with Crippen LogP contribution in [0.4, 0.5) is 5.69 Å². The number of carbonyl (C=O) groups excluding carboxylic acids is 1. The van der Waals surface area contributed by atoms with Crippen molar-refractivity contribution in [3.63, 3.8) is 0 Å². The minimum Gasteiger partial charge on any atom is -0.397 e. The third-order valence-corrected chi connectivity index (χ3v) is 4.20. The average Bonchev–Trinajstić information content (AvgIpc) is 2.50. The smallest absolute Gasteiger partial charge is 0.229 e. The summed E-state index contributed by atoms with van der Waals surface area (Å²) < 4.78 is 0. The van der Waals surface area contributed by atoms with E-state index in [1.165, 1.54) is 0 Å². The third kappa shape index (κ3) is 5.55. The molecule has 0 aliphatic carbocycles. The number of nitrogen functional groups attached to an aromatic ring is 1. The molecule has 2 aromatic rings. The van der Waals surface area contributed by atoms with Crippen molar-refractivity contribution < 1.29 is 4.79 Å². The number of halogens is 3. The highest BCUT2D eigenvalue weighted by atomic mass is 35.5. The molecule has 1 aromatic heterocycles. The van der Waals surface area contributed by atoms with Gasteiger partial charge in [-0.05, 0) is 43.7 Å². The van der Waals surface area contributed by atoms with Gasteiger partial charge < -0.3 is 10.6 Å². The van der Waals surface area contributed by atoms with Crippen LogP contribution in [0.1, 0.15) is 25.1 Å². The van der Waals surface area contributed by atoms with Gasteiger partial charge in [-0.1, -0.05) is 29.3 Å². The lowest BCUT2D eigenvalue weighted by Gasteiger charge is -2.27. The van der Waals surface area contributed by atoms with Gasteiger partial charge in [0.05, 0.1) is 28.4 Å². The van der Waals surface area contributed by atoms with Crippen molar-refractivity contribution in [2.75, 3.05) is 5.73 Å². The number of anilines is 1. The van der Waals surface area contributed by atoms with Gasteiger partial charge in [-0.3, -0.25) is 9.78 Å². The number of benzene rings is 1. The van der Waals surface area contributed by atoms with Crippen LogP contribution in [0.5, 0.6) is 0 Å². The summed E-state index contributed by atoms with van der Waals surface area (Å²) in [4.78, 5) is 18.6. The van der Waals surface area contributed by atoms with E-state index in [9.17, 15) is 4.79 Å². The van der Waals surface area contributed by atoms with Crippen molar-refractivity contribution >= 4 is 47.2 Å². The Morgan fingerprint density at radius 2 is 1.92 bits per heavy atom. The van der Waals surface area contributed by atoms with Gasteiger partial charge in [0.15, 0.2) is 0 Å². The molecule has 2 rings (SSSR count). The molecule has 0 fully saturated rings. The normalized spacial score (nSPS) is 10.4.